The van der Waals surface area contributed by atoms with Gasteiger partial charge in [-0.05, 0) is 31.2 Å². The molecule has 0 atom stereocenters. The average Bonchev–Trinajstić information content (AvgIpc) is 3.21. The Morgan fingerprint density at radius 1 is 1.52 bits per heavy atom. The molecule has 0 aromatic heterocycles. The van der Waals surface area contributed by atoms with E-state index in [4.69, 9.17) is 5.11 Å². The monoisotopic (exact) mass is 296 g/mol. The fraction of sp³-hybridized carbons (Fsp3) is 0.500. The van der Waals surface area contributed by atoms with Crippen molar-refractivity contribution in [1.29, 1.82) is 0 Å². The molecular formula is C14H17FN2O4. The number of aromatic carboxylic acids is 1. The molecule has 114 valence electrons. The minimum atomic E-state index is -1.42. The highest BCUT2D eigenvalue weighted by atomic mass is 19.1. The molecule has 0 saturated heterocycles. The lowest BCUT2D eigenvalue weighted by atomic mass is 10.1. The zero-order chi connectivity index (χ0) is 15.6. The summed E-state index contributed by atoms with van der Waals surface area (Å²) >= 11 is 0. The third-order valence-electron chi connectivity index (χ3n) is 3.50. The first-order valence-electron chi connectivity index (χ1n) is 6.90. The maximum Gasteiger partial charge on any atom is 0.338 e. The summed E-state index contributed by atoms with van der Waals surface area (Å²) in [4.78, 5) is 23.3. The van der Waals surface area contributed by atoms with Crippen LogP contribution in [0.5, 0.6) is 0 Å². The van der Waals surface area contributed by atoms with Gasteiger partial charge in [0.2, 0.25) is 0 Å². The normalized spacial score (nSPS) is 14.0. The van der Waals surface area contributed by atoms with E-state index in [2.05, 4.69) is 0 Å². The number of hydrogen-bond acceptors (Lipinski definition) is 4. The smallest absolute Gasteiger partial charge is 0.338 e. The van der Waals surface area contributed by atoms with E-state index in [0.29, 0.717) is 25.1 Å². The van der Waals surface area contributed by atoms with Crippen molar-refractivity contribution in [3.63, 3.8) is 0 Å². The molecular weight excluding hydrogens is 279 g/mol. The Bertz CT molecular complexity index is 572. The number of carbonyl (C=O) groups is 1. The van der Waals surface area contributed by atoms with E-state index in [1.54, 1.807) is 4.90 Å². The van der Waals surface area contributed by atoms with Crippen LogP contribution in [-0.4, -0.2) is 29.1 Å². The topological polar surface area (TPSA) is 83.7 Å². The van der Waals surface area contributed by atoms with Gasteiger partial charge in [-0.15, -0.1) is 0 Å². The number of rotatable bonds is 7. The molecule has 1 aliphatic rings. The molecule has 1 aromatic carbocycles. The predicted molar refractivity (Wildman–Crippen MR) is 75.2 cm³/mol. The van der Waals surface area contributed by atoms with Crippen molar-refractivity contribution in [2.75, 3.05) is 18.0 Å². The van der Waals surface area contributed by atoms with Gasteiger partial charge >= 0.3 is 5.97 Å². The summed E-state index contributed by atoms with van der Waals surface area (Å²) in [6.45, 7) is 3.15. The quantitative estimate of drug-likeness (QED) is 0.617. The Morgan fingerprint density at radius 2 is 2.19 bits per heavy atom. The molecule has 0 radical (unpaired) electrons. The lowest BCUT2D eigenvalue weighted by Gasteiger charge is -2.24. The van der Waals surface area contributed by atoms with Gasteiger partial charge in [-0.3, -0.25) is 10.1 Å². The molecule has 0 spiro atoms. The summed E-state index contributed by atoms with van der Waals surface area (Å²) in [7, 11) is 0. The number of nitro groups is 1. The number of nitro benzene ring substituents is 1. The first kappa shape index (κ1) is 15.2. The van der Waals surface area contributed by atoms with Crippen molar-refractivity contribution in [1.82, 2.24) is 0 Å². The number of nitrogens with zero attached hydrogens (tertiary/aromatic N) is 2. The number of carboxylic acids is 1. The summed E-state index contributed by atoms with van der Waals surface area (Å²) in [5.41, 5.74) is -0.730. The first-order valence-corrected chi connectivity index (χ1v) is 6.90. The maximum absolute atomic E-state index is 13.7. The van der Waals surface area contributed by atoms with Gasteiger partial charge in [0.25, 0.3) is 5.69 Å². The summed E-state index contributed by atoms with van der Waals surface area (Å²) < 4.78 is 13.7. The van der Waals surface area contributed by atoms with Gasteiger partial charge in [-0.2, -0.15) is 0 Å². The second-order valence-electron chi connectivity index (χ2n) is 5.27. The third-order valence-corrected chi connectivity index (χ3v) is 3.50. The third kappa shape index (κ3) is 3.48. The van der Waals surface area contributed by atoms with Crippen LogP contribution in [0.1, 0.15) is 36.5 Å². The minimum Gasteiger partial charge on any atom is -0.478 e. The number of hydrogen-bond donors (Lipinski definition) is 1. The van der Waals surface area contributed by atoms with Crippen molar-refractivity contribution in [2.45, 2.75) is 26.2 Å². The van der Waals surface area contributed by atoms with Crippen LogP contribution in [0, 0.1) is 21.8 Å². The highest BCUT2D eigenvalue weighted by molar-refractivity contribution is 5.90. The Labute approximate surface area is 121 Å². The highest BCUT2D eigenvalue weighted by Crippen LogP contribution is 2.36. The van der Waals surface area contributed by atoms with Crippen LogP contribution in [0.3, 0.4) is 0 Å². The molecule has 0 aliphatic heterocycles. The molecule has 21 heavy (non-hydrogen) atoms. The van der Waals surface area contributed by atoms with Crippen molar-refractivity contribution in [3.8, 4) is 0 Å². The van der Waals surface area contributed by atoms with Gasteiger partial charge in [-0.1, -0.05) is 6.92 Å². The van der Waals surface area contributed by atoms with Gasteiger partial charge in [0.05, 0.1) is 16.6 Å². The zero-order valence-electron chi connectivity index (χ0n) is 11.7. The van der Waals surface area contributed by atoms with Gasteiger partial charge < -0.3 is 10.0 Å². The summed E-state index contributed by atoms with van der Waals surface area (Å²) in [5.74, 6) is -2.03. The molecule has 1 N–H and O–H groups in total. The number of halogens is 1. The predicted octanol–water partition coefficient (Wildman–Crippen LogP) is 3.06. The van der Waals surface area contributed by atoms with Crippen LogP contribution in [0.4, 0.5) is 15.8 Å². The van der Waals surface area contributed by atoms with Crippen LogP contribution in [-0.2, 0) is 0 Å². The minimum absolute atomic E-state index is 0.188. The molecule has 1 aliphatic carbocycles. The van der Waals surface area contributed by atoms with E-state index in [1.165, 1.54) is 0 Å². The summed E-state index contributed by atoms with van der Waals surface area (Å²) in [5, 5.41) is 20.1. The molecule has 1 aromatic rings. The molecule has 6 nitrogen and oxygen atoms in total. The van der Waals surface area contributed by atoms with Crippen LogP contribution >= 0.6 is 0 Å². The van der Waals surface area contributed by atoms with Crippen molar-refractivity contribution < 1.29 is 19.2 Å². The van der Waals surface area contributed by atoms with E-state index >= 15 is 0 Å². The van der Waals surface area contributed by atoms with Gasteiger partial charge in [0, 0.05) is 13.1 Å². The number of anilines is 1. The maximum atomic E-state index is 13.7. The SMILES string of the molecule is CCCN(CC1CC1)c1cc(C(=O)O)c(F)cc1[N+](=O)[O-]. The van der Waals surface area contributed by atoms with Crippen LogP contribution < -0.4 is 4.90 Å². The van der Waals surface area contributed by atoms with Crippen molar-refractivity contribution in [2.24, 2.45) is 5.92 Å². The molecule has 0 unspecified atom stereocenters. The molecule has 1 fully saturated rings. The van der Waals surface area contributed by atoms with E-state index in [-0.39, 0.29) is 11.4 Å². The second kappa shape index (κ2) is 6.07. The molecule has 7 heteroatoms. The Kier molecular flexibility index (Phi) is 4.40. The number of carboxylic acid groups (broad SMARTS) is 1. The Balaban J connectivity index is 2.47. The van der Waals surface area contributed by atoms with Crippen LogP contribution in [0.25, 0.3) is 0 Å². The molecule has 0 bridgehead atoms. The number of benzene rings is 1. The van der Waals surface area contributed by atoms with E-state index < -0.39 is 22.3 Å². The van der Waals surface area contributed by atoms with Crippen LogP contribution in [0.15, 0.2) is 12.1 Å². The largest absolute Gasteiger partial charge is 0.478 e. The zero-order valence-corrected chi connectivity index (χ0v) is 11.7. The van der Waals surface area contributed by atoms with E-state index in [0.717, 1.165) is 25.3 Å². The molecule has 1 saturated carbocycles. The lowest BCUT2D eigenvalue weighted by Crippen LogP contribution is -2.27. The van der Waals surface area contributed by atoms with E-state index in [9.17, 15) is 19.3 Å². The molecule has 2 rings (SSSR count). The Morgan fingerprint density at radius 3 is 2.67 bits per heavy atom. The standard InChI is InChI=1S/C14H17FN2O4/c1-2-5-16(8-9-3-4-9)12-6-10(14(18)19)11(15)7-13(12)17(20)21/h6-7,9H,2-5,8H2,1H3,(H,18,19). The lowest BCUT2D eigenvalue weighted by molar-refractivity contribution is -0.384. The van der Waals surface area contributed by atoms with E-state index in [1.807, 2.05) is 6.92 Å². The first-order chi connectivity index (χ1) is 9.93. The summed E-state index contributed by atoms with van der Waals surface area (Å²) in [6.07, 6.45) is 2.91. The van der Waals surface area contributed by atoms with Crippen molar-refractivity contribution in [3.05, 3.63) is 33.6 Å². The average molecular weight is 296 g/mol. The Hall–Kier alpha value is -2.18. The van der Waals surface area contributed by atoms with Crippen LogP contribution in [0.2, 0.25) is 0 Å². The van der Waals surface area contributed by atoms with Gasteiger partial charge in [0.1, 0.15) is 11.5 Å². The molecule has 0 heterocycles. The van der Waals surface area contributed by atoms with Gasteiger partial charge in [0.15, 0.2) is 0 Å². The van der Waals surface area contributed by atoms with Gasteiger partial charge in [-0.25, -0.2) is 9.18 Å². The summed E-state index contributed by atoms with van der Waals surface area (Å²) in [6, 6.07) is 1.78. The van der Waals surface area contributed by atoms with Crippen molar-refractivity contribution >= 4 is 17.3 Å². The second-order valence-corrected chi connectivity index (χ2v) is 5.27. The fourth-order valence-electron chi connectivity index (χ4n) is 2.31. The fourth-order valence-corrected chi connectivity index (χ4v) is 2.31. The molecule has 0 amide bonds. The highest BCUT2D eigenvalue weighted by Gasteiger charge is 2.29.